The molecule has 0 amide bonds. The summed E-state index contributed by atoms with van der Waals surface area (Å²) < 4.78 is 5.34. The molecule has 8 heavy (non-hydrogen) atoms. The van der Waals surface area contributed by atoms with Crippen LogP contribution in [0.5, 0.6) is 0 Å². The van der Waals surface area contributed by atoms with E-state index in [9.17, 15) is 0 Å². The summed E-state index contributed by atoms with van der Waals surface area (Å²) in [5, 5.41) is 3.22. The molecule has 1 unspecified atom stereocenters. The zero-order valence-electron chi connectivity index (χ0n) is 5.40. The van der Waals surface area contributed by atoms with E-state index < -0.39 is 0 Å². The molecule has 1 atom stereocenters. The molecule has 0 aromatic heterocycles. The first-order valence-electron chi connectivity index (χ1n) is 2.99. The minimum atomic E-state index is 0.365. The largest absolute Gasteiger partial charge is 0.367 e. The van der Waals surface area contributed by atoms with Crippen molar-refractivity contribution in [2.45, 2.75) is 20.0 Å². The van der Waals surface area contributed by atoms with Gasteiger partial charge >= 0.3 is 0 Å². The van der Waals surface area contributed by atoms with Crippen molar-refractivity contribution >= 4 is 0 Å². The topological polar surface area (TPSA) is 21.3 Å². The fraction of sp³-hybridized carbons (Fsp3) is 0.833. The van der Waals surface area contributed by atoms with Crippen molar-refractivity contribution < 1.29 is 4.74 Å². The molecule has 1 rings (SSSR count). The van der Waals surface area contributed by atoms with Crippen molar-refractivity contribution in [1.82, 2.24) is 5.32 Å². The molecule has 1 fully saturated rings. The highest BCUT2D eigenvalue weighted by molar-refractivity contribution is 4.81. The molecule has 0 aromatic rings. The smallest absolute Gasteiger partial charge is 0.108 e. The third-order valence-corrected chi connectivity index (χ3v) is 1.21. The van der Waals surface area contributed by atoms with Crippen molar-refractivity contribution in [3.8, 4) is 0 Å². The molecule has 1 aliphatic rings. The lowest BCUT2D eigenvalue weighted by molar-refractivity contribution is 0.0507. The van der Waals surface area contributed by atoms with Crippen molar-refractivity contribution in [2.75, 3.05) is 13.1 Å². The van der Waals surface area contributed by atoms with Crippen LogP contribution in [0.4, 0.5) is 0 Å². The summed E-state index contributed by atoms with van der Waals surface area (Å²) in [5.41, 5.74) is 0. The summed E-state index contributed by atoms with van der Waals surface area (Å²) in [6.45, 7) is 5.97. The van der Waals surface area contributed by atoms with Gasteiger partial charge in [-0.3, -0.25) is 0 Å². The highest BCUT2D eigenvalue weighted by Crippen LogP contribution is 2.07. The van der Waals surface area contributed by atoms with Crippen molar-refractivity contribution in [3.63, 3.8) is 0 Å². The Kier molecular flexibility index (Phi) is 1.86. The predicted octanol–water partition coefficient (Wildman–Crippen LogP) is 0.547. The summed E-state index contributed by atoms with van der Waals surface area (Å²) in [4.78, 5) is 0. The maximum atomic E-state index is 5.34. The van der Waals surface area contributed by atoms with E-state index in [1.165, 1.54) is 0 Å². The van der Waals surface area contributed by atoms with E-state index in [0.29, 0.717) is 6.10 Å². The molecule has 0 aromatic carbocycles. The van der Waals surface area contributed by atoms with Crippen LogP contribution in [0.25, 0.3) is 0 Å². The lowest BCUT2D eigenvalue weighted by Crippen LogP contribution is -2.37. The molecule has 2 heteroatoms. The first kappa shape index (κ1) is 6.05. The van der Waals surface area contributed by atoms with Gasteiger partial charge in [0.2, 0.25) is 0 Å². The van der Waals surface area contributed by atoms with Crippen LogP contribution in [0, 0.1) is 6.10 Å². The van der Waals surface area contributed by atoms with Gasteiger partial charge < -0.3 is 10.1 Å². The van der Waals surface area contributed by atoms with Crippen molar-refractivity contribution in [3.05, 3.63) is 6.10 Å². The summed E-state index contributed by atoms with van der Waals surface area (Å²) in [5.74, 6) is 0. The molecule has 0 spiro atoms. The first-order valence-corrected chi connectivity index (χ1v) is 2.99. The third kappa shape index (κ3) is 1.46. The van der Waals surface area contributed by atoms with Crippen molar-refractivity contribution in [2.24, 2.45) is 0 Å². The second-order valence-electron chi connectivity index (χ2n) is 2.26. The monoisotopic (exact) mass is 114 g/mol. The van der Waals surface area contributed by atoms with Gasteiger partial charge in [-0.25, -0.2) is 0 Å². The molecule has 1 heterocycles. The average molecular weight is 114 g/mol. The molecule has 1 N–H and O–H groups in total. The summed E-state index contributed by atoms with van der Waals surface area (Å²) in [6, 6.07) is 0. The van der Waals surface area contributed by atoms with Gasteiger partial charge in [0.15, 0.2) is 0 Å². The maximum absolute atomic E-state index is 5.34. The Labute approximate surface area is 50.2 Å². The second-order valence-corrected chi connectivity index (χ2v) is 2.26. The normalized spacial score (nSPS) is 33.0. The number of hydrogen-bond acceptors (Lipinski definition) is 2. The fourth-order valence-corrected chi connectivity index (χ4v) is 0.878. The van der Waals surface area contributed by atoms with Gasteiger partial charge in [-0.15, -0.1) is 0 Å². The first-order chi connectivity index (χ1) is 3.79. The van der Waals surface area contributed by atoms with Crippen LogP contribution in [-0.2, 0) is 4.74 Å². The molecular formula is C6H12NO. The number of nitrogens with one attached hydrogen (secondary N) is 1. The molecule has 1 saturated heterocycles. The minimum Gasteiger partial charge on any atom is -0.367 e. The van der Waals surface area contributed by atoms with Crippen LogP contribution in [0.1, 0.15) is 13.8 Å². The highest BCUT2D eigenvalue weighted by atomic mass is 16.5. The Morgan fingerprint density at radius 1 is 1.75 bits per heavy atom. The Morgan fingerprint density at radius 2 is 2.50 bits per heavy atom. The average Bonchev–Trinajstić information content (AvgIpc) is 1.64. The van der Waals surface area contributed by atoms with Gasteiger partial charge in [0.1, 0.15) is 6.10 Å². The quantitative estimate of drug-likeness (QED) is 0.496. The van der Waals surface area contributed by atoms with Crippen LogP contribution in [0.2, 0.25) is 0 Å². The lowest BCUT2D eigenvalue weighted by Gasteiger charge is -2.24. The van der Waals surface area contributed by atoms with Crippen molar-refractivity contribution in [1.29, 1.82) is 0 Å². The molecule has 0 aliphatic carbocycles. The van der Waals surface area contributed by atoms with Crippen LogP contribution in [-0.4, -0.2) is 19.2 Å². The van der Waals surface area contributed by atoms with Crippen LogP contribution in [0.15, 0.2) is 0 Å². The molecule has 1 radical (unpaired) electrons. The van der Waals surface area contributed by atoms with Gasteiger partial charge in [-0.05, 0) is 13.8 Å². The zero-order chi connectivity index (χ0) is 5.98. The lowest BCUT2D eigenvalue weighted by atomic mass is 10.3. The fourth-order valence-electron chi connectivity index (χ4n) is 0.878. The van der Waals surface area contributed by atoms with Crippen LogP contribution in [0.3, 0.4) is 0 Å². The number of rotatable bonds is 0. The molecular weight excluding hydrogens is 102 g/mol. The van der Waals surface area contributed by atoms with Gasteiger partial charge in [0.05, 0.1) is 6.10 Å². The Bertz CT molecular complexity index is 66.9. The second kappa shape index (κ2) is 2.46. The van der Waals surface area contributed by atoms with E-state index in [-0.39, 0.29) is 0 Å². The highest BCUT2D eigenvalue weighted by Gasteiger charge is 2.13. The zero-order valence-corrected chi connectivity index (χ0v) is 5.40. The summed E-state index contributed by atoms with van der Waals surface area (Å²) in [6.07, 6.45) is 1.47. The Morgan fingerprint density at radius 3 is 2.88 bits per heavy atom. The summed E-state index contributed by atoms with van der Waals surface area (Å²) in [7, 11) is 0. The number of hydrogen-bond donors (Lipinski definition) is 1. The predicted molar refractivity (Wildman–Crippen MR) is 32.3 cm³/mol. The van der Waals surface area contributed by atoms with E-state index in [1.54, 1.807) is 0 Å². The Balaban J connectivity index is 2.23. The van der Waals surface area contributed by atoms with E-state index >= 15 is 0 Å². The van der Waals surface area contributed by atoms with Gasteiger partial charge in [0, 0.05) is 13.1 Å². The van der Waals surface area contributed by atoms with Crippen LogP contribution >= 0.6 is 0 Å². The van der Waals surface area contributed by atoms with E-state index in [0.717, 1.165) is 19.2 Å². The number of morpholine rings is 1. The maximum Gasteiger partial charge on any atom is 0.108 e. The van der Waals surface area contributed by atoms with Gasteiger partial charge in [-0.2, -0.15) is 0 Å². The molecule has 0 saturated carbocycles. The summed E-state index contributed by atoms with van der Waals surface area (Å²) >= 11 is 0. The van der Waals surface area contributed by atoms with Gasteiger partial charge in [0.25, 0.3) is 0 Å². The molecule has 1 aliphatic heterocycles. The van der Waals surface area contributed by atoms with E-state index in [2.05, 4.69) is 12.2 Å². The minimum absolute atomic E-state index is 0.365. The number of ether oxygens (including phenoxy) is 1. The van der Waals surface area contributed by atoms with Gasteiger partial charge in [-0.1, -0.05) is 0 Å². The van der Waals surface area contributed by atoms with Crippen LogP contribution < -0.4 is 5.32 Å². The molecule has 47 valence electrons. The van der Waals surface area contributed by atoms with E-state index in [4.69, 9.17) is 4.74 Å². The Hall–Kier alpha value is -0.0800. The standard InChI is InChI=1S/C6H12NO/c1-5-3-7-4-6(2)8-5/h5,7H,3-4H2,1-2H3. The SMILES string of the molecule is C[C]1CNCC(C)O1. The van der Waals surface area contributed by atoms with E-state index in [1.807, 2.05) is 6.92 Å². The molecule has 2 nitrogen and oxygen atoms in total. The third-order valence-electron chi connectivity index (χ3n) is 1.21. The molecule has 0 bridgehead atoms.